The van der Waals surface area contributed by atoms with Gasteiger partial charge >= 0.3 is 12.0 Å². The Labute approximate surface area is 217 Å². The Morgan fingerprint density at radius 1 is 1.16 bits per heavy atom. The molecule has 1 aliphatic carbocycles. The average molecular weight is 538 g/mol. The minimum atomic E-state index is -4.84. The van der Waals surface area contributed by atoms with Crippen molar-refractivity contribution in [1.82, 2.24) is 20.6 Å². The van der Waals surface area contributed by atoms with Gasteiger partial charge in [0.25, 0.3) is 0 Å². The summed E-state index contributed by atoms with van der Waals surface area (Å²) in [6.45, 7) is 1.22. The van der Waals surface area contributed by atoms with Gasteiger partial charge < -0.3 is 26.0 Å². The van der Waals surface area contributed by atoms with Crippen molar-refractivity contribution in [3.63, 3.8) is 0 Å². The minimum absolute atomic E-state index is 0.0202. The van der Waals surface area contributed by atoms with Gasteiger partial charge in [0.1, 0.15) is 11.9 Å². The van der Waals surface area contributed by atoms with Gasteiger partial charge in [0.15, 0.2) is 0 Å². The number of hydrogen-bond acceptors (Lipinski definition) is 9. The van der Waals surface area contributed by atoms with Crippen LogP contribution in [0.4, 0.5) is 30.6 Å². The highest BCUT2D eigenvalue weighted by atomic mass is 19.4. The summed E-state index contributed by atoms with van der Waals surface area (Å²) in [7, 11) is 0. The van der Waals surface area contributed by atoms with Crippen molar-refractivity contribution in [1.29, 1.82) is 0 Å². The van der Waals surface area contributed by atoms with Gasteiger partial charge in [-0.1, -0.05) is 18.2 Å². The number of carbonyl (C=O) groups excluding carboxylic acids is 1. The summed E-state index contributed by atoms with van der Waals surface area (Å²) in [5.41, 5.74) is -0.0878. The van der Waals surface area contributed by atoms with Crippen molar-refractivity contribution >= 4 is 23.4 Å². The lowest BCUT2D eigenvalue weighted by atomic mass is 9.86. The van der Waals surface area contributed by atoms with E-state index in [-0.39, 0.29) is 59.2 Å². The fourth-order valence-corrected chi connectivity index (χ4v) is 4.73. The van der Waals surface area contributed by atoms with E-state index in [0.29, 0.717) is 6.54 Å². The number of para-hydroxylation sites is 1. The second kappa shape index (κ2) is 12.2. The summed E-state index contributed by atoms with van der Waals surface area (Å²) in [6, 6.07) is 5.65. The number of benzene rings is 1. The van der Waals surface area contributed by atoms with Crippen molar-refractivity contribution in [2.75, 3.05) is 23.7 Å². The molecule has 11 nitrogen and oxygen atoms in total. The van der Waals surface area contributed by atoms with Crippen LogP contribution in [0.3, 0.4) is 0 Å². The number of nitrogens with one attached hydrogen (secondary N) is 4. The van der Waals surface area contributed by atoms with E-state index in [1.807, 2.05) is 0 Å². The third-order valence-corrected chi connectivity index (χ3v) is 6.73. The van der Waals surface area contributed by atoms with Crippen LogP contribution in [0.25, 0.3) is 0 Å². The number of nitrogens with zero attached hydrogens (tertiary/aromatic N) is 3. The Kier molecular flexibility index (Phi) is 8.81. The van der Waals surface area contributed by atoms with E-state index in [2.05, 4.69) is 36.0 Å². The Bertz CT molecular complexity index is 1120. The quantitative estimate of drug-likeness (QED) is 0.263. The van der Waals surface area contributed by atoms with Gasteiger partial charge in [-0.05, 0) is 57.1 Å². The molecular formula is C24H30F3N7O4. The SMILES string of the molecule is O=C(NC1CCC(CNc2nc(NCc3ccccc3OC(F)(F)F)ncc2[N+](=O)[O-])CC1)[C@@H]1CCCN1. The molecule has 14 heteroatoms. The largest absolute Gasteiger partial charge is 0.573 e. The molecule has 0 spiro atoms. The third kappa shape index (κ3) is 7.66. The number of aromatic nitrogens is 2. The van der Waals surface area contributed by atoms with E-state index in [9.17, 15) is 28.1 Å². The molecule has 0 radical (unpaired) electrons. The number of halogens is 3. The Hall–Kier alpha value is -3.68. The molecule has 1 aromatic carbocycles. The van der Waals surface area contributed by atoms with Gasteiger partial charge in [-0.3, -0.25) is 14.9 Å². The zero-order valence-corrected chi connectivity index (χ0v) is 20.6. The minimum Gasteiger partial charge on any atom is -0.405 e. The first-order valence-corrected chi connectivity index (χ1v) is 12.5. The number of hydrogen-bond donors (Lipinski definition) is 4. The maximum Gasteiger partial charge on any atom is 0.573 e. The third-order valence-electron chi connectivity index (χ3n) is 6.73. The van der Waals surface area contributed by atoms with Gasteiger partial charge in [-0.2, -0.15) is 4.98 Å². The Balaban J connectivity index is 1.31. The highest BCUT2D eigenvalue weighted by Gasteiger charge is 2.32. The normalized spacial score (nSPS) is 21.5. The zero-order valence-electron chi connectivity index (χ0n) is 20.6. The lowest BCUT2D eigenvalue weighted by molar-refractivity contribution is -0.384. The first kappa shape index (κ1) is 27.4. The molecule has 1 saturated carbocycles. The molecule has 1 aromatic heterocycles. The maximum atomic E-state index is 12.7. The van der Waals surface area contributed by atoms with Crippen LogP contribution < -0.4 is 26.0 Å². The van der Waals surface area contributed by atoms with Crippen LogP contribution in [0.2, 0.25) is 0 Å². The van der Waals surface area contributed by atoms with Crippen LogP contribution in [0.5, 0.6) is 5.75 Å². The predicted molar refractivity (Wildman–Crippen MR) is 133 cm³/mol. The van der Waals surface area contributed by atoms with Crippen molar-refractivity contribution in [2.45, 2.75) is 63.5 Å². The van der Waals surface area contributed by atoms with Crippen molar-refractivity contribution in [3.05, 3.63) is 46.1 Å². The lowest BCUT2D eigenvalue weighted by Crippen LogP contribution is -2.46. The van der Waals surface area contributed by atoms with Crippen molar-refractivity contribution in [3.8, 4) is 5.75 Å². The number of carbonyl (C=O) groups is 1. The van der Waals surface area contributed by atoms with Gasteiger partial charge in [0.05, 0.1) is 11.0 Å². The molecule has 2 fully saturated rings. The van der Waals surface area contributed by atoms with Crippen LogP contribution in [0, 0.1) is 16.0 Å². The summed E-state index contributed by atoms with van der Waals surface area (Å²) >= 11 is 0. The molecule has 4 rings (SSSR count). The van der Waals surface area contributed by atoms with Crippen molar-refractivity contribution < 1.29 is 27.6 Å². The molecule has 2 aromatic rings. The van der Waals surface area contributed by atoms with Crippen molar-refractivity contribution in [2.24, 2.45) is 5.92 Å². The second-order valence-corrected chi connectivity index (χ2v) is 9.45. The van der Waals surface area contributed by atoms with E-state index in [1.165, 1.54) is 18.2 Å². The number of rotatable bonds is 10. The molecule has 1 saturated heterocycles. The van der Waals surface area contributed by atoms with Gasteiger partial charge in [-0.25, -0.2) is 4.98 Å². The van der Waals surface area contributed by atoms with Crippen LogP contribution >= 0.6 is 0 Å². The van der Waals surface area contributed by atoms with E-state index in [0.717, 1.165) is 51.3 Å². The number of alkyl halides is 3. The van der Waals surface area contributed by atoms with Gasteiger partial charge in [-0.15, -0.1) is 13.2 Å². The van der Waals surface area contributed by atoms with Crippen LogP contribution in [-0.4, -0.2) is 52.3 Å². The first-order chi connectivity index (χ1) is 18.2. The predicted octanol–water partition coefficient (Wildman–Crippen LogP) is 3.73. The number of amides is 1. The number of ether oxygens (including phenoxy) is 1. The highest BCUT2D eigenvalue weighted by Crippen LogP contribution is 2.29. The van der Waals surface area contributed by atoms with E-state index in [4.69, 9.17) is 0 Å². The Morgan fingerprint density at radius 2 is 1.92 bits per heavy atom. The average Bonchev–Trinajstić information content (AvgIpc) is 3.42. The summed E-state index contributed by atoms with van der Waals surface area (Å²) in [5, 5.41) is 23.7. The van der Waals surface area contributed by atoms with E-state index < -0.39 is 11.3 Å². The smallest absolute Gasteiger partial charge is 0.405 e. The standard InChI is InChI=1S/C24H30F3N7O4/c25-24(26,27)38-20-6-2-1-4-16(20)13-30-23-31-14-19(34(36)37)21(33-23)29-12-15-7-9-17(10-8-15)32-22(35)18-5-3-11-28-18/h1-2,4,6,14-15,17-18,28H,3,5,7-13H2,(H,32,35)(H2,29,30,31,33)/t15?,17?,18-/m0/s1. The van der Waals surface area contributed by atoms with Crippen LogP contribution in [0.15, 0.2) is 30.5 Å². The Morgan fingerprint density at radius 3 is 2.61 bits per heavy atom. The molecule has 38 heavy (non-hydrogen) atoms. The summed E-state index contributed by atoms with van der Waals surface area (Å²) in [5.74, 6) is -0.0283. The number of nitro groups is 1. The molecule has 2 heterocycles. The molecule has 1 aliphatic heterocycles. The zero-order chi connectivity index (χ0) is 27.1. The molecule has 4 N–H and O–H groups in total. The van der Waals surface area contributed by atoms with Crippen LogP contribution in [-0.2, 0) is 11.3 Å². The van der Waals surface area contributed by atoms with Crippen LogP contribution in [0.1, 0.15) is 44.1 Å². The number of anilines is 2. The first-order valence-electron chi connectivity index (χ1n) is 12.5. The topological polar surface area (TPSA) is 143 Å². The van der Waals surface area contributed by atoms with Gasteiger partial charge in [0, 0.05) is 24.7 Å². The molecule has 206 valence electrons. The summed E-state index contributed by atoms with van der Waals surface area (Å²) in [6.07, 6.45) is 1.40. The van der Waals surface area contributed by atoms with E-state index in [1.54, 1.807) is 6.07 Å². The molecule has 1 atom stereocenters. The lowest BCUT2D eigenvalue weighted by Gasteiger charge is -2.30. The second-order valence-electron chi connectivity index (χ2n) is 9.45. The molecule has 1 amide bonds. The fraction of sp³-hybridized carbons (Fsp3) is 0.542. The molecule has 0 bridgehead atoms. The maximum absolute atomic E-state index is 12.7. The summed E-state index contributed by atoms with van der Waals surface area (Å²) < 4.78 is 42.1. The molecule has 0 unspecified atom stereocenters. The monoisotopic (exact) mass is 537 g/mol. The van der Waals surface area contributed by atoms with E-state index >= 15 is 0 Å². The summed E-state index contributed by atoms with van der Waals surface area (Å²) in [4.78, 5) is 31.4. The highest BCUT2D eigenvalue weighted by molar-refractivity contribution is 5.82. The molecule has 2 aliphatic rings. The molecular weight excluding hydrogens is 507 g/mol. The fourth-order valence-electron chi connectivity index (χ4n) is 4.73. The van der Waals surface area contributed by atoms with Gasteiger partial charge in [0.2, 0.25) is 17.7 Å².